The predicted octanol–water partition coefficient (Wildman–Crippen LogP) is 3.46. The molecule has 0 heterocycles. The fourth-order valence-corrected chi connectivity index (χ4v) is 3.88. The average Bonchev–Trinajstić information content (AvgIpc) is 2.73. The second-order valence-corrected chi connectivity index (χ2v) is 8.89. The number of guanidine groups is 1. The largest absolute Gasteiger partial charge is 0.354 e. The summed E-state index contributed by atoms with van der Waals surface area (Å²) in [5.41, 5.74) is 2.26. The van der Waals surface area contributed by atoms with Gasteiger partial charge in [0.25, 0.3) is 0 Å². The van der Waals surface area contributed by atoms with Crippen LogP contribution >= 0.6 is 24.0 Å². The summed E-state index contributed by atoms with van der Waals surface area (Å²) < 4.78 is 23.2. The van der Waals surface area contributed by atoms with Crippen molar-refractivity contribution in [2.24, 2.45) is 4.99 Å². The zero-order valence-corrected chi connectivity index (χ0v) is 21.3. The maximum absolute atomic E-state index is 11.6. The molecule has 1 atom stereocenters. The van der Waals surface area contributed by atoms with Crippen molar-refractivity contribution >= 4 is 39.8 Å². The van der Waals surface area contributed by atoms with Gasteiger partial charge in [-0.25, -0.2) is 8.42 Å². The lowest BCUT2D eigenvalue weighted by atomic mass is 10.1. The van der Waals surface area contributed by atoms with Crippen molar-refractivity contribution in [3.05, 3.63) is 65.7 Å². The molecule has 0 aliphatic carbocycles. The van der Waals surface area contributed by atoms with E-state index < -0.39 is 9.84 Å². The predicted molar refractivity (Wildman–Crippen MR) is 135 cm³/mol. The Morgan fingerprint density at radius 1 is 1.00 bits per heavy atom. The third kappa shape index (κ3) is 7.88. The highest BCUT2D eigenvalue weighted by Crippen LogP contribution is 2.19. The zero-order chi connectivity index (χ0) is 21.3. The molecule has 0 spiro atoms. The van der Waals surface area contributed by atoms with Crippen LogP contribution in [-0.2, 0) is 16.4 Å². The number of rotatable bonds is 9. The number of nitrogens with zero attached hydrogens (tertiary/aromatic N) is 2. The van der Waals surface area contributed by atoms with Crippen molar-refractivity contribution in [2.45, 2.75) is 31.3 Å². The molecule has 0 bridgehead atoms. The van der Waals surface area contributed by atoms with Gasteiger partial charge in [-0.1, -0.05) is 56.3 Å². The summed E-state index contributed by atoms with van der Waals surface area (Å²) in [6, 6.07) is 17.6. The Morgan fingerprint density at radius 3 is 2.10 bits per heavy atom. The number of sulfone groups is 1. The molecule has 2 aromatic carbocycles. The van der Waals surface area contributed by atoms with Crippen molar-refractivity contribution in [3.63, 3.8) is 0 Å². The van der Waals surface area contributed by atoms with E-state index in [0.717, 1.165) is 25.2 Å². The molecule has 0 aliphatic rings. The van der Waals surface area contributed by atoms with Crippen molar-refractivity contribution in [2.75, 3.05) is 32.9 Å². The van der Waals surface area contributed by atoms with Crippen LogP contribution in [0.5, 0.6) is 0 Å². The third-order valence-corrected chi connectivity index (χ3v) is 6.06. The fraction of sp³-hybridized carbons (Fsp3) is 0.409. The summed E-state index contributed by atoms with van der Waals surface area (Å²) in [5.74, 6) is 0.713. The molecule has 166 valence electrons. The third-order valence-electron chi connectivity index (χ3n) is 4.94. The Labute approximate surface area is 198 Å². The van der Waals surface area contributed by atoms with E-state index in [2.05, 4.69) is 58.6 Å². The van der Waals surface area contributed by atoms with Crippen LogP contribution in [-0.4, -0.2) is 52.2 Å². The number of hydrogen-bond donors (Lipinski definition) is 2. The number of hydrogen-bond acceptors (Lipinski definition) is 4. The summed E-state index contributed by atoms with van der Waals surface area (Å²) in [6.07, 6.45) is 1.21. The average molecular weight is 545 g/mol. The van der Waals surface area contributed by atoms with Crippen molar-refractivity contribution in [1.29, 1.82) is 0 Å². The van der Waals surface area contributed by atoms with E-state index in [4.69, 9.17) is 0 Å². The van der Waals surface area contributed by atoms with Crippen LogP contribution in [0.4, 0.5) is 0 Å². The van der Waals surface area contributed by atoms with Crippen LogP contribution < -0.4 is 10.6 Å². The lowest BCUT2D eigenvalue weighted by Crippen LogP contribution is -2.43. The number of benzene rings is 2. The molecular weight excluding hydrogens is 511 g/mol. The molecule has 8 heteroatoms. The molecule has 2 aromatic rings. The number of nitrogens with one attached hydrogen (secondary N) is 2. The minimum atomic E-state index is -3.17. The molecule has 0 fully saturated rings. The minimum absolute atomic E-state index is 0. The first kappa shape index (κ1) is 26.4. The minimum Gasteiger partial charge on any atom is -0.354 e. The Morgan fingerprint density at radius 2 is 1.60 bits per heavy atom. The molecule has 0 saturated heterocycles. The first-order valence-electron chi connectivity index (χ1n) is 9.91. The lowest BCUT2D eigenvalue weighted by molar-refractivity contribution is 0.219. The number of aliphatic imine (C=N–C) groups is 1. The lowest BCUT2D eigenvalue weighted by Gasteiger charge is -2.30. The second kappa shape index (κ2) is 12.9. The summed E-state index contributed by atoms with van der Waals surface area (Å²) in [4.78, 5) is 7.06. The number of halogens is 1. The van der Waals surface area contributed by atoms with Crippen LogP contribution in [0.3, 0.4) is 0 Å². The topological polar surface area (TPSA) is 73.8 Å². The summed E-state index contributed by atoms with van der Waals surface area (Å²) >= 11 is 0. The SMILES string of the molecule is CCN(CC)C(CNC(=NC)NCc1ccc(S(C)(=O)=O)cc1)c1ccccc1.I. The molecule has 6 nitrogen and oxygen atoms in total. The maximum Gasteiger partial charge on any atom is 0.191 e. The molecule has 0 saturated carbocycles. The Hall–Kier alpha value is -1.65. The van der Waals surface area contributed by atoms with Crippen LogP contribution in [0, 0.1) is 0 Å². The first-order valence-corrected chi connectivity index (χ1v) is 11.8. The van der Waals surface area contributed by atoms with E-state index in [1.54, 1.807) is 19.2 Å². The molecule has 30 heavy (non-hydrogen) atoms. The van der Waals surface area contributed by atoms with Crippen molar-refractivity contribution in [3.8, 4) is 0 Å². The van der Waals surface area contributed by atoms with Gasteiger partial charge in [0.15, 0.2) is 15.8 Å². The van der Waals surface area contributed by atoms with Crippen LogP contribution in [0.25, 0.3) is 0 Å². The van der Waals surface area contributed by atoms with E-state index in [-0.39, 0.29) is 30.0 Å². The molecule has 0 amide bonds. The van der Waals surface area contributed by atoms with Gasteiger partial charge in [0.1, 0.15) is 0 Å². The van der Waals surface area contributed by atoms with Gasteiger partial charge in [-0.3, -0.25) is 9.89 Å². The van der Waals surface area contributed by atoms with Crippen molar-refractivity contribution < 1.29 is 8.42 Å². The van der Waals surface area contributed by atoms with Gasteiger partial charge in [-0.2, -0.15) is 0 Å². The summed E-state index contributed by atoms with van der Waals surface area (Å²) in [5, 5.41) is 6.72. The van der Waals surface area contributed by atoms with Crippen LogP contribution in [0.1, 0.15) is 31.0 Å². The molecule has 0 aromatic heterocycles. The zero-order valence-electron chi connectivity index (χ0n) is 18.1. The van der Waals surface area contributed by atoms with Gasteiger partial charge in [0, 0.05) is 26.4 Å². The van der Waals surface area contributed by atoms with E-state index >= 15 is 0 Å². The van der Waals surface area contributed by atoms with E-state index in [1.807, 2.05) is 18.2 Å². The highest BCUT2D eigenvalue weighted by Gasteiger charge is 2.18. The molecule has 1 unspecified atom stereocenters. The quantitative estimate of drug-likeness (QED) is 0.288. The normalized spacial score (nSPS) is 12.9. The van der Waals surface area contributed by atoms with E-state index in [0.29, 0.717) is 17.4 Å². The van der Waals surface area contributed by atoms with Crippen LogP contribution in [0.15, 0.2) is 64.5 Å². The molecule has 0 radical (unpaired) electrons. The van der Waals surface area contributed by atoms with Gasteiger partial charge < -0.3 is 10.6 Å². The number of likely N-dealkylation sites (N-methyl/N-ethyl adjacent to an activating group) is 1. The monoisotopic (exact) mass is 544 g/mol. The highest BCUT2D eigenvalue weighted by molar-refractivity contribution is 14.0. The first-order chi connectivity index (χ1) is 13.9. The fourth-order valence-electron chi connectivity index (χ4n) is 3.25. The smallest absolute Gasteiger partial charge is 0.191 e. The molecule has 0 aliphatic heterocycles. The maximum atomic E-state index is 11.6. The van der Waals surface area contributed by atoms with Crippen LogP contribution in [0.2, 0.25) is 0 Å². The van der Waals surface area contributed by atoms with Gasteiger partial charge >= 0.3 is 0 Å². The Kier molecular flexibility index (Phi) is 11.4. The highest BCUT2D eigenvalue weighted by atomic mass is 127. The van der Waals surface area contributed by atoms with Gasteiger partial charge in [-0.05, 0) is 36.3 Å². The van der Waals surface area contributed by atoms with E-state index in [1.165, 1.54) is 11.8 Å². The Balaban J connectivity index is 0.00000450. The Bertz CT molecular complexity index is 883. The summed E-state index contributed by atoms with van der Waals surface area (Å²) in [6.45, 7) is 7.58. The molecular formula is C22H33IN4O2S. The van der Waals surface area contributed by atoms with Crippen molar-refractivity contribution in [1.82, 2.24) is 15.5 Å². The molecule has 2 N–H and O–H groups in total. The standard InChI is InChI=1S/C22H32N4O2S.HI/c1-5-26(6-2)21(19-10-8-7-9-11-19)17-25-22(23-3)24-16-18-12-14-20(15-13-18)29(4,27)28;/h7-15,21H,5-6,16-17H2,1-4H3,(H2,23,24,25);1H. The summed E-state index contributed by atoms with van der Waals surface area (Å²) in [7, 11) is -1.43. The van der Waals surface area contributed by atoms with E-state index in [9.17, 15) is 8.42 Å². The van der Waals surface area contributed by atoms with Gasteiger partial charge in [0.2, 0.25) is 0 Å². The second-order valence-electron chi connectivity index (χ2n) is 6.87. The molecule has 2 rings (SSSR count). The van der Waals surface area contributed by atoms with Gasteiger partial charge in [-0.15, -0.1) is 24.0 Å². The van der Waals surface area contributed by atoms with Gasteiger partial charge in [0.05, 0.1) is 10.9 Å².